The molecule has 1 aliphatic carbocycles. The van der Waals surface area contributed by atoms with Gasteiger partial charge in [0.25, 0.3) is 0 Å². The summed E-state index contributed by atoms with van der Waals surface area (Å²) in [5.41, 5.74) is 8.26. The first-order valence-corrected chi connectivity index (χ1v) is 7.08. The largest absolute Gasteiger partial charge is 0.375 e. The molecule has 3 rings (SSSR count). The summed E-state index contributed by atoms with van der Waals surface area (Å²) < 4.78 is 0. The lowest BCUT2D eigenvalue weighted by atomic mass is 9.79. The van der Waals surface area contributed by atoms with Crippen LogP contribution in [0.25, 0.3) is 0 Å². The predicted octanol–water partition coefficient (Wildman–Crippen LogP) is 2.52. The van der Waals surface area contributed by atoms with E-state index in [1.54, 1.807) is 11.3 Å². The molecule has 4 heteroatoms. The third kappa shape index (κ3) is 1.64. The van der Waals surface area contributed by atoms with Gasteiger partial charge in [-0.3, -0.25) is 0 Å². The zero-order valence-corrected chi connectivity index (χ0v) is 11.3. The van der Waals surface area contributed by atoms with E-state index in [4.69, 9.17) is 5.73 Å². The second-order valence-electron chi connectivity index (χ2n) is 4.70. The Morgan fingerprint density at radius 2 is 2.11 bits per heavy atom. The standard InChI is InChI=1S/C14H17N3S/c1-16-14(10-6-3-2-4-7-10)9-5-8-11-12(14)18-13(15)17-11/h2-4,6-7,16H,5,8-9H2,1H3,(H2,15,17). The molecule has 3 nitrogen and oxygen atoms in total. The number of aromatic nitrogens is 1. The number of nitrogens with two attached hydrogens (primary N) is 1. The topological polar surface area (TPSA) is 50.9 Å². The van der Waals surface area contributed by atoms with Crippen LogP contribution in [0, 0.1) is 0 Å². The molecule has 1 aromatic heterocycles. The summed E-state index contributed by atoms with van der Waals surface area (Å²) in [5.74, 6) is 0. The maximum atomic E-state index is 5.89. The summed E-state index contributed by atoms with van der Waals surface area (Å²) >= 11 is 1.62. The molecular formula is C14H17N3S. The molecule has 18 heavy (non-hydrogen) atoms. The number of rotatable bonds is 2. The molecule has 1 atom stereocenters. The number of nitrogens with one attached hydrogen (secondary N) is 1. The molecule has 0 amide bonds. The van der Waals surface area contributed by atoms with Crippen molar-refractivity contribution in [3.8, 4) is 0 Å². The van der Waals surface area contributed by atoms with E-state index in [2.05, 4.69) is 40.6 Å². The fourth-order valence-electron chi connectivity index (χ4n) is 2.89. The Hall–Kier alpha value is -1.39. The highest BCUT2D eigenvalue weighted by molar-refractivity contribution is 7.15. The van der Waals surface area contributed by atoms with Crippen molar-refractivity contribution in [2.24, 2.45) is 0 Å². The molecule has 1 aromatic carbocycles. The molecule has 0 bridgehead atoms. The van der Waals surface area contributed by atoms with Crippen molar-refractivity contribution in [1.29, 1.82) is 0 Å². The van der Waals surface area contributed by atoms with Crippen LogP contribution in [0.1, 0.15) is 29.0 Å². The van der Waals surface area contributed by atoms with E-state index >= 15 is 0 Å². The van der Waals surface area contributed by atoms with Crippen LogP contribution >= 0.6 is 11.3 Å². The molecule has 0 spiro atoms. The van der Waals surface area contributed by atoms with Gasteiger partial charge in [0.2, 0.25) is 0 Å². The van der Waals surface area contributed by atoms with Gasteiger partial charge in [-0.1, -0.05) is 41.7 Å². The predicted molar refractivity (Wildman–Crippen MR) is 75.7 cm³/mol. The van der Waals surface area contributed by atoms with Crippen LogP contribution in [-0.4, -0.2) is 12.0 Å². The molecule has 0 aliphatic heterocycles. The number of nitrogen functional groups attached to an aromatic ring is 1. The molecular weight excluding hydrogens is 242 g/mol. The van der Waals surface area contributed by atoms with Crippen molar-refractivity contribution in [3.05, 3.63) is 46.5 Å². The van der Waals surface area contributed by atoms with Crippen molar-refractivity contribution < 1.29 is 0 Å². The van der Waals surface area contributed by atoms with Gasteiger partial charge in [0, 0.05) is 0 Å². The van der Waals surface area contributed by atoms with E-state index in [9.17, 15) is 0 Å². The number of benzene rings is 1. The Balaban J connectivity index is 2.19. The molecule has 1 heterocycles. The molecule has 2 aromatic rings. The number of anilines is 1. The summed E-state index contributed by atoms with van der Waals surface area (Å²) in [7, 11) is 2.03. The number of fused-ring (bicyclic) bond motifs is 1. The summed E-state index contributed by atoms with van der Waals surface area (Å²) in [6, 6.07) is 10.6. The lowest BCUT2D eigenvalue weighted by molar-refractivity contribution is 0.376. The first-order chi connectivity index (χ1) is 8.76. The van der Waals surface area contributed by atoms with Gasteiger partial charge in [0.05, 0.1) is 16.1 Å². The molecule has 3 N–H and O–H groups in total. The van der Waals surface area contributed by atoms with Gasteiger partial charge in [0.15, 0.2) is 5.13 Å². The SMILES string of the molecule is CNC1(c2ccccc2)CCCc2nc(N)sc21. The van der Waals surface area contributed by atoms with E-state index in [1.807, 2.05) is 7.05 Å². The average Bonchev–Trinajstić information content (AvgIpc) is 2.80. The quantitative estimate of drug-likeness (QED) is 0.871. The molecule has 1 aliphatic rings. The minimum Gasteiger partial charge on any atom is -0.375 e. The van der Waals surface area contributed by atoms with Gasteiger partial charge in [-0.2, -0.15) is 0 Å². The van der Waals surface area contributed by atoms with Crippen molar-refractivity contribution in [2.45, 2.75) is 24.8 Å². The maximum Gasteiger partial charge on any atom is 0.180 e. The van der Waals surface area contributed by atoms with E-state index in [0.717, 1.165) is 19.3 Å². The zero-order chi connectivity index (χ0) is 12.6. The van der Waals surface area contributed by atoms with Gasteiger partial charge < -0.3 is 11.1 Å². The van der Waals surface area contributed by atoms with Crippen LogP contribution in [0.5, 0.6) is 0 Å². The zero-order valence-electron chi connectivity index (χ0n) is 10.4. The van der Waals surface area contributed by atoms with Crippen LogP contribution < -0.4 is 11.1 Å². The highest BCUT2D eigenvalue weighted by Gasteiger charge is 2.39. The van der Waals surface area contributed by atoms with Crippen molar-refractivity contribution in [3.63, 3.8) is 0 Å². The second kappa shape index (κ2) is 4.37. The van der Waals surface area contributed by atoms with Crippen molar-refractivity contribution in [2.75, 3.05) is 12.8 Å². The fraction of sp³-hybridized carbons (Fsp3) is 0.357. The maximum absolute atomic E-state index is 5.89. The van der Waals surface area contributed by atoms with Gasteiger partial charge in [-0.05, 0) is 31.9 Å². The van der Waals surface area contributed by atoms with E-state index in [1.165, 1.54) is 16.1 Å². The highest BCUT2D eigenvalue weighted by Crippen LogP contribution is 2.43. The molecule has 0 saturated heterocycles. The van der Waals surface area contributed by atoms with Gasteiger partial charge in [0.1, 0.15) is 0 Å². The van der Waals surface area contributed by atoms with E-state index < -0.39 is 0 Å². The monoisotopic (exact) mass is 259 g/mol. The van der Waals surface area contributed by atoms with Gasteiger partial charge >= 0.3 is 0 Å². The summed E-state index contributed by atoms with van der Waals surface area (Å²) in [6.45, 7) is 0. The number of thiazole rings is 1. The number of aryl methyl sites for hydroxylation is 1. The Kier molecular flexibility index (Phi) is 2.84. The fourth-order valence-corrected chi connectivity index (χ4v) is 4.02. The average molecular weight is 259 g/mol. The van der Waals surface area contributed by atoms with Crippen molar-refractivity contribution in [1.82, 2.24) is 10.3 Å². The molecule has 0 radical (unpaired) electrons. The third-order valence-electron chi connectivity index (χ3n) is 3.76. The Morgan fingerprint density at radius 3 is 2.83 bits per heavy atom. The summed E-state index contributed by atoms with van der Waals surface area (Å²) in [6.07, 6.45) is 3.29. The minimum absolute atomic E-state index is 0.107. The van der Waals surface area contributed by atoms with Crippen LogP contribution in [0.15, 0.2) is 30.3 Å². The smallest absolute Gasteiger partial charge is 0.180 e. The Bertz CT molecular complexity index is 549. The summed E-state index contributed by atoms with van der Waals surface area (Å²) in [4.78, 5) is 5.77. The lowest BCUT2D eigenvalue weighted by Gasteiger charge is -2.36. The third-order valence-corrected chi connectivity index (χ3v) is 4.85. The van der Waals surface area contributed by atoms with Gasteiger partial charge in [-0.25, -0.2) is 4.98 Å². The van der Waals surface area contributed by atoms with Gasteiger partial charge in [-0.15, -0.1) is 0 Å². The number of nitrogens with zero attached hydrogens (tertiary/aromatic N) is 1. The van der Waals surface area contributed by atoms with Crippen LogP contribution in [0.4, 0.5) is 5.13 Å². The van der Waals surface area contributed by atoms with Crippen LogP contribution in [-0.2, 0) is 12.0 Å². The van der Waals surface area contributed by atoms with Crippen LogP contribution in [0.2, 0.25) is 0 Å². The highest BCUT2D eigenvalue weighted by atomic mass is 32.1. The van der Waals surface area contributed by atoms with E-state index in [0.29, 0.717) is 5.13 Å². The molecule has 0 fully saturated rings. The normalized spacial score (nSPS) is 22.7. The molecule has 1 unspecified atom stereocenters. The molecule has 0 saturated carbocycles. The minimum atomic E-state index is -0.107. The van der Waals surface area contributed by atoms with E-state index in [-0.39, 0.29) is 5.54 Å². The first kappa shape index (κ1) is 11.7. The Labute approximate surface area is 111 Å². The lowest BCUT2D eigenvalue weighted by Crippen LogP contribution is -2.43. The molecule has 94 valence electrons. The second-order valence-corrected chi connectivity index (χ2v) is 5.73. The van der Waals surface area contributed by atoms with Crippen LogP contribution in [0.3, 0.4) is 0 Å². The number of hydrogen-bond donors (Lipinski definition) is 2. The first-order valence-electron chi connectivity index (χ1n) is 6.26. The van der Waals surface area contributed by atoms with Crippen molar-refractivity contribution >= 4 is 16.5 Å². The summed E-state index contributed by atoms with van der Waals surface area (Å²) in [5, 5.41) is 4.20. The number of hydrogen-bond acceptors (Lipinski definition) is 4. The Morgan fingerprint density at radius 1 is 1.33 bits per heavy atom.